The number of nitrogens with zero attached hydrogens (tertiary/aromatic N) is 1. The van der Waals surface area contributed by atoms with Crippen LogP contribution in [0.25, 0.3) is 0 Å². The molecule has 0 aromatic heterocycles. The number of hydrogen-bond donors (Lipinski definition) is 0. The maximum absolute atomic E-state index is 5.57. The standard InChI is InChI=1S/C16H23NO.ClH/c1-3-8-17-9-7-14-13(11-17)10-12-5-4-6-15(18-2)16(12)14;/h4-6,13-14H,3,7-11H2,1-2H3;1H. The lowest BCUT2D eigenvalue weighted by atomic mass is 9.85. The van der Waals surface area contributed by atoms with Crippen LogP contribution in [-0.4, -0.2) is 31.6 Å². The zero-order chi connectivity index (χ0) is 12.5. The molecular formula is C16H24ClNO. The number of hydrogen-bond acceptors (Lipinski definition) is 2. The van der Waals surface area contributed by atoms with Crippen molar-refractivity contribution in [2.45, 2.75) is 32.1 Å². The molecule has 2 unspecified atom stereocenters. The van der Waals surface area contributed by atoms with Crippen LogP contribution in [0.3, 0.4) is 0 Å². The van der Waals surface area contributed by atoms with Gasteiger partial charge in [-0.05, 0) is 55.8 Å². The van der Waals surface area contributed by atoms with Gasteiger partial charge in [0.05, 0.1) is 7.11 Å². The number of halogens is 1. The fraction of sp³-hybridized carbons (Fsp3) is 0.625. The van der Waals surface area contributed by atoms with Crippen LogP contribution in [0.1, 0.15) is 36.8 Å². The lowest BCUT2D eigenvalue weighted by Gasteiger charge is -2.35. The molecule has 1 aliphatic carbocycles. The highest BCUT2D eigenvalue weighted by atomic mass is 35.5. The van der Waals surface area contributed by atoms with E-state index in [4.69, 9.17) is 4.74 Å². The van der Waals surface area contributed by atoms with E-state index < -0.39 is 0 Å². The van der Waals surface area contributed by atoms with E-state index in [0.717, 1.165) is 17.6 Å². The molecule has 1 fully saturated rings. The van der Waals surface area contributed by atoms with Gasteiger partial charge in [-0.2, -0.15) is 0 Å². The Morgan fingerprint density at radius 1 is 1.37 bits per heavy atom. The average molecular weight is 282 g/mol. The molecule has 0 bridgehead atoms. The first-order valence-corrected chi connectivity index (χ1v) is 7.21. The Kier molecular flexibility index (Phi) is 4.75. The highest BCUT2D eigenvalue weighted by molar-refractivity contribution is 5.85. The summed E-state index contributed by atoms with van der Waals surface area (Å²) in [5.74, 6) is 2.67. The number of methoxy groups -OCH3 is 1. The monoisotopic (exact) mass is 281 g/mol. The van der Waals surface area contributed by atoms with Gasteiger partial charge in [-0.3, -0.25) is 0 Å². The fourth-order valence-electron chi connectivity index (χ4n) is 3.86. The number of likely N-dealkylation sites (tertiary alicyclic amines) is 1. The van der Waals surface area contributed by atoms with Crippen LogP contribution in [0.2, 0.25) is 0 Å². The van der Waals surface area contributed by atoms with Crippen LogP contribution in [0.4, 0.5) is 0 Å². The molecule has 0 amide bonds. The second kappa shape index (κ2) is 6.15. The molecule has 1 saturated heterocycles. The molecule has 19 heavy (non-hydrogen) atoms. The Bertz CT molecular complexity index is 435. The normalized spacial score (nSPS) is 25.4. The first-order chi connectivity index (χ1) is 8.83. The molecule has 3 rings (SSSR count). The molecule has 0 saturated carbocycles. The van der Waals surface area contributed by atoms with Gasteiger partial charge in [0.2, 0.25) is 0 Å². The van der Waals surface area contributed by atoms with Crippen molar-refractivity contribution in [1.82, 2.24) is 4.90 Å². The molecular weight excluding hydrogens is 258 g/mol. The molecule has 106 valence electrons. The summed E-state index contributed by atoms with van der Waals surface area (Å²) >= 11 is 0. The van der Waals surface area contributed by atoms with Gasteiger partial charge < -0.3 is 9.64 Å². The summed E-state index contributed by atoms with van der Waals surface area (Å²) in [6.45, 7) is 6.07. The summed E-state index contributed by atoms with van der Waals surface area (Å²) in [6, 6.07) is 6.55. The van der Waals surface area contributed by atoms with Crippen LogP contribution in [0.5, 0.6) is 5.75 Å². The van der Waals surface area contributed by atoms with E-state index in [2.05, 4.69) is 30.0 Å². The smallest absolute Gasteiger partial charge is 0.122 e. The van der Waals surface area contributed by atoms with Gasteiger partial charge in [0, 0.05) is 12.1 Å². The molecule has 1 aromatic rings. The van der Waals surface area contributed by atoms with Gasteiger partial charge in [0.15, 0.2) is 0 Å². The minimum absolute atomic E-state index is 0. The SMILES string of the molecule is CCCN1CCC2c3c(cccc3OC)CC2C1.Cl. The van der Waals surface area contributed by atoms with Crippen LogP contribution < -0.4 is 4.74 Å². The summed E-state index contributed by atoms with van der Waals surface area (Å²) in [4.78, 5) is 2.64. The minimum atomic E-state index is 0. The summed E-state index contributed by atoms with van der Waals surface area (Å²) in [7, 11) is 1.80. The number of ether oxygens (including phenoxy) is 1. The van der Waals surface area contributed by atoms with Gasteiger partial charge in [-0.15, -0.1) is 12.4 Å². The van der Waals surface area contributed by atoms with E-state index in [0.29, 0.717) is 0 Å². The van der Waals surface area contributed by atoms with Gasteiger partial charge >= 0.3 is 0 Å². The van der Waals surface area contributed by atoms with Crippen molar-refractivity contribution in [2.75, 3.05) is 26.7 Å². The summed E-state index contributed by atoms with van der Waals surface area (Å²) in [5.41, 5.74) is 3.05. The maximum Gasteiger partial charge on any atom is 0.122 e. The molecule has 3 heteroatoms. The molecule has 2 nitrogen and oxygen atoms in total. The van der Waals surface area contributed by atoms with Crippen LogP contribution in [0, 0.1) is 5.92 Å². The molecule has 2 atom stereocenters. The van der Waals surface area contributed by atoms with Crippen LogP contribution >= 0.6 is 12.4 Å². The zero-order valence-corrected chi connectivity index (χ0v) is 12.7. The average Bonchev–Trinajstić information content (AvgIpc) is 2.76. The topological polar surface area (TPSA) is 12.5 Å². The third-order valence-corrected chi connectivity index (χ3v) is 4.59. The molecule has 2 aliphatic rings. The highest BCUT2D eigenvalue weighted by Gasteiger charge is 2.38. The molecule has 1 aliphatic heterocycles. The lowest BCUT2D eigenvalue weighted by Crippen LogP contribution is -2.38. The number of benzene rings is 1. The van der Waals surface area contributed by atoms with Crippen molar-refractivity contribution in [1.29, 1.82) is 0 Å². The fourth-order valence-corrected chi connectivity index (χ4v) is 3.86. The second-order valence-electron chi connectivity index (χ2n) is 5.69. The van der Waals surface area contributed by atoms with Crippen molar-refractivity contribution in [3.05, 3.63) is 29.3 Å². The van der Waals surface area contributed by atoms with Gasteiger partial charge in [0.1, 0.15) is 5.75 Å². The molecule has 0 spiro atoms. The minimum Gasteiger partial charge on any atom is -0.496 e. The quantitative estimate of drug-likeness (QED) is 0.841. The van der Waals surface area contributed by atoms with Crippen molar-refractivity contribution < 1.29 is 4.74 Å². The third kappa shape index (κ3) is 2.61. The first kappa shape index (κ1) is 14.7. The van der Waals surface area contributed by atoms with E-state index in [1.807, 2.05) is 0 Å². The Balaban J connectivity index is 0.00000133. The molecule has 1 aromatic carbocycles. The Morgan fingerprint density at radius 3 is 2.95 bits per heavy atom. The number of piperidine rings is 1. The zero-order valence-electron chi connectivity index (χ0n) is 11.9. The van der Waals surface area contributed by atoms with E-state index in [1.165, 1.54) is 50.0 Å². The highest BCUT2D eigenvalue weighted by Crippen LogP contribution is 2.46. The second-order valence-corrected chi connectivity index (χ2v) is 5.69. The molecule has 0 N–H and O–H groups in total. The maximum atomic E-state index is 5.57. The van der Waals surface area contributed by atoms with Crippen molar-refractivity contribution in [3.8, 4) is 5.75 Å². The summed E-state index contributed by atoms with van der Waals surface area (Å²) < 4.78 is 5.57. The Hall–Kier alpha value is -0.730. The predicted molar refractivity (Wildman–Crippen MR) is 81.5 cm³/mol. The van der Waals surface area contributed by atoms with Gasteiger partial charge in [-0.25, -0.2) is 0 Å². The van der Waals surface area contributed by atoms with E-state index in [1.54, 1.807) is 7.11 Å². The van der Waals surface area contributed by atoms with E-state index in [9.17, 15) is 0 Å². The van der Waals surface area contributed by atoms with Crippen molar-refractivity contribution >= 4 is 12.4 Å². The van der Waals surface area contributed by atoms with Gasteiger partial charge in [-0.1, -0.05) is 19.1 Å². The van der Waals surface area contributed by atoms with Crippen LogP contribution in [-0.2, 0) is 6.42 Å². The van der Waals surface area contributed by atoms with Crippen molar-refractivity contribution in [3.63, 3.8) is 0 Å². The lowest BCUT2D eigenvalue weighted by molar-refractivity contribution is 0.162. The molecule has 1 heterocycles. The van der Waals surface area contributed by atoms with E-state index in [-0.39, 0.29) is 12.4 Å². The predicted octanol–water partition coefficient (Wildman–Crippen LogP) is 3.49. The van der Waals surface area contributed by atoms with E-state index >= 15 is 0 Å². The molecule has 0 radical (unpaired) electrons. The van der Waals surface area contributed by atoms with Crippen molar-refractivity contribution in [2.24, 2.45) is 5.92 Å². The summed E-state index contributed by atoms with van der Waals surface area (Å²) in [6.07, 6.45) is 3.82. The Morgan fingerprint density at radius 2 is 2.21 bits per heavy atom. The number of fused-ring (bicyclic) bond motifs is 3. The third-order valence-electron chi connectivity index (χ3n) is 4.59. The Labute approximate surface area is 122 Å². The van der Waals surface area contributed by atoms with Crippen LogP contribution in [0.15, 0.2) is 18.2 Å². The van der Waals surface area contributed by atoms with Gasteiger partial charge in [0.25, 0.3) is 0 Å². The largest absolute Gasteiger partial charge is 0.496 e. The summed E-state index contributed by atoms with van der Waals surface area (Å²) in [5, 5.41) is 0. The number of rotatable bonds is 3. The first-order valence-electron chi connectivity index (χ1n) is 7.21.